The third-order valence-corrected chi connectivity index (χ3v) is 4.92. The molecule has 1 amide bonds. The number of aromatic nitrogens is 1. The molecule has 1 aliphatic heterocycles. The Kier molecular flexibility index (Phi) is 5.64. The van der Waals surface area contributed by atoms with Gasteiger partial charge < -0.3 is 15.0 Å². The number of aryl methyl sites for hydroxylation is 1. The number of carbonyl (C=O) groups is 1. The largest absolute Gasteiger partial charge is 0.394 e. The average Bonchev–Trinajstić information content (AvgIpc) is 2.63. The summed E-state index contributed by atoms with van der Waals surface area (Å²) in [4.78, 5) is 30.6. The number of halogens is 2. The molecular weight excluding hydrogens is 421 g/mol. The van der Waals surface area contributed by atoms with E-state index in [0.717, 1.165) is 5.06 Å². The number of carbonyl (C=O) groups excluding carboxylic acids is 1. The summed E-state index contributed by atoms with van der Waals surface area (Å²) in [7, 11) is 1.57. The van der Waals surface area contributed by atoms with Crippen LogP contribution in [0.1, 0.15) is 21.5 Å². The Labute approximate surface area is 163 Å². The van der Waals surface area contributed by atoms with Crippen LogP contribution < -0.4 is 10.9 Å². The highest BCUT2D eigenvalue weighted by atomic mass is 79.9. The summed E-state index contributed by atoms with van der Waals surface area (Å²) in [6, 6.07) is 4.52. The Hall–Kier alpha value is -2.23. The maximum Gasteiger partial charge on any atom is 0.281 e. The molecule has 3 rings (SSSR count). The highest BCUT2D eigenvalue weighted by Gasteiger charge is 2.36. The summed E-state index contributed by atoms with van der Waals surface area (Å²) < 4.78 is 16.2. The van der Waals surface area contributed by atoms with Gasteiger partial charge in [-0.3, -0.25) is 14.4 Å². The number of hydroxylamine groups is 2. The van der Waals surface area contributed by atoms with E-state index in [-0.39, 0.29) is 30.9 Å². The lowest BCUT2D eigenvalue weighted by Crippen LogP contribution is -2.51. The number of benzene rings is 1. The van der Waals surface area contributed by atoms with Crippen LogP contribution in [0.25, 0.3) is 0 Å². The molecule has 144 valence electrons. The molecule has 7 nitrogen and oxygen atoms in total. The average molecular weight is 440 g/mol. The van der Waals surface area contributed by atoms with Gasteiger partial charge in [-0.15, -0.1) is 0 Å². The maximum atomic E-state index is 14.2. The van der Waals surface area contributed by atoms with Crippen LogP contribution in [0.5, 0.6) is 0 Å². The number of nitrogens with one attached hydrogen (secondary N) is 1. The molecule has 0 spiro atoms. The predicted octanol–water partition coefficient (Wildman–Crippen LogP) is 1.96. The standard InChI is InChI=1S/C18H19BrFN3O4/c1-10-12-8-16(21-15-4-3-11(19)7-14(15)20)23(27-6-5-24)18(26)13(12)9-22(2)17(10)25/h3-4,7,9,16,21,24H,5-6,8H2,1-2H3. The van der Waals surface area contributed by atoms with Crippen molar-refractivity contribution in [1.82, 2.24) is 9.63 Å². The first kappa shape index (κ1) is 19.5. The van der Waals surface area contributed by atoms with Gasteiger partial charge in [0.15, 0.2) is 0 Å². The molecule has 0 saturated heterocycles. The fourth-order valence-corrected chi connectivity index (χ4v) is 3.43. The van der Waals surface area contributed by atoms with E-state index in [2.05, 4.69) is 21.2 Å². The lowest BCUT2D eigenvalue weighted by molar-refractivity contribution is -0.152. The third kappa shape index (κ3) is 3.76. The fraction of sp³-hybridized carbons (Fsp3) is 0.333. The zero-order chi connectivity index (χ0) is 19.7. The summed E-state index contributed by atoms with van der Waals surface area (Å²) in [5.74, 6) is -0.955. The topological polar surface area (TPSA) is 83.8 Å². The first-order valence-corrected chi connectivity index (χ1v) is 9.10. The van der Waals surface area contributed by atoms with Crippen LogP contribution in [0.4, 0.5) is 10.1 Å². The fourth-order valence-electron chi connectivity index (χ4n) is 3.09. The van der Waals surface area contributed by atoms with Gasteiger partial charge >= 0.3 is 0 Å². The Bertz CT molecular complexity index is 947. The first-order valence-electron chi connectivity index (χ1n) is 8.31. The van der Waals surface area contributed by atoms with E-state index in [1.54, 1.807) is 26.1 Å². The number of anilines is 1. The second-order valence-corrected chi connectivity index (χ2v) is 7.15. The predicted molar refractivity (Wildman–Crippen MR) is 101 cm³/mol. The molecule has 9 heteroatoms. The normalized spacial score (nSPS) is 16.4. The molecule has 1 aromatic heterocycles. The van der Waals surface area contributed by atoms with Gasteiger partial charge in [0.1, 0.15) is 12.0 Å². The Morgan fingerprint density at radius 1 is 1.41 bits per heavy atom. The van der Waals surface area contributed by atoms with Crippen molar-refractivity contribution >= 4 is 27.5 Å². The highest BCUT2D eigenvalue weighted by Crippen LogP contribution is 2.27. The van der Waals surface area contributed by atoms with E-state index in [9.17, 15) is 14.0 Å². The SMILES string of the molecule is Cc1c2c(cn(C)c1=O)C(=O)N(OCCO)C(Nc1ccc(Br)cc1F)C2. The van der Waals surface area contributed by atoms with Crippen LogP contribution in [0.2, 0.25) is 0 Å². The smallest absolute Gasteiger partial charge is 0.281 e. The van der Waals surface area contributed by atoms with Gasteiger partial charge in [0.2, 0.25) is 0 Å². The molecule has 1 aromatic carbocycles. The molecule has 27 heavy (non-hydrogen) atoms. The van der Waals surface area contributed by atoms with Crippen molar-refractivity contribution in [3.63, 3.8) is 0 Å². The van der Waals surface area contributed by atoms with E-state index < -0.39 is 17.9 Å². The molecule has 0 aliphatic carbocycles. The highest BCUT2D eigenvalue weighted by molar-refractivity contribution is 9.10. The van der Waals surface area contributed by atoms with Gasteiger partial charge in [-0.1, -0.05) is 15.9 Å². The Morgan fingerprint density at radius 2 is 2.15 bits per heavy atom. The number of pyridine rings is 1. The van der Waals surface area contributed by atoms with Crippen molar-refractivity contribution in [2.75, 3.05) is 18.5 Å². The van der Waals surface area contributed by atoms with Crippen LogP contribution >= 0.6 is 15.9 Å². The first-order chi connectivity index (χ1) is 12.8. The third-order valence-electron chi connectivity index (χ3n) is 4.43. The maximum absolute atomic E-state index is 14.2. The summed E-state index contributed by atoms with van der Waals surface area (Å²) in [5.41, 5.74) is 1.41. The monoisotopic (exact) mass is 439 g/mol. The van der Waals surface area contributed by atoms with Crippen molar-refractivity contribution in [3.8, 4) is 0 Å². The van der Waals surface area contributed by atoms with Gasteiger partial charge in [0, 0.05) is 29.7 Å². The quantitative estimate of drug-likeness (QED) is 0.743. The van der Waals surface area contributed by atoms with E-state index in [1.807, 2.05) is 0 Å². The molecule has 2 N–H and O–H groups in total. The molecule has 0 saturated carbocycles. The van der Waals surface area contributed by atoms with Crippen LogP contribution in [-0.2, 0) is 18.3 Å². The molecule has 1 aliphatic rings. The number of hydrogen-bond donors (Lipinski definition) is 2. The van der Waals surface area contributed by atoms with E-state index >= 15 is 0 Å². The number of aliphatic hydroxyl groups is 1. The van der Waals surface area contributed by atoms with E-state index in [0.29, 0.717) is 21.2 Å². The van der Waals surface area contributed by atoms with E-state index in [4.69, 9.17) is 9.94 Å². The van der Waals surface area contributed by atoms with Crippen molar-refractivity contribution in [3.05, 3.63) is 61.7 Å². The van der Waals surface area contributed by atoms with Crippen molar-refractivity contribution in [2.24, 2.45) is 7.05 Å². The zero-order valence-corrected chi connectivity index (χ0v) is 16.4. The van der Waals surface area contributed by atoms with Crippen LogP contribution in [-0.4, -0.2) is 40.0 Å². The van der Waals surface area contributed by atoms with Crippen molar-refractivity contribution in [2.45, 2.75) is 19.5 Å². The van der Waals surface area contributed by atoms with Gasteiger partial charge in [-0.25, -0.2) is 4.39 Å². The Morgan fingerprint density at radius 3 is 2.81 bits per heavy atom. The number of amides is 1. The molecule has 0 radical (unpaired) electrons. The zero-order valence-electron chi connectivity index (χ0n) is 14.8. The molecule has 2 aromatic rings. The van der Waals surface area contributed by atoms with E-state index in [1.165, 1.54) is 16.8 Å². The number of hydrogen-bond acceptors (Lipinski definition) is 5. The minimum Gasteiger partial charge on any atom is -0.394 e. The molecule has 1 atom stereocenters. The molecule has 2 heterocycles. The van der Waals surface area contributed by atoms with Gasteiger partial charge in [0.05, 0.1) is 24.5 Å². The summed E-state index contributed by atoms with van der Waals surface area (Å²) in [6.07, 6.45) is 0.987. The lowest BCUT2D eigenvalue weighted by atomic mass is 9.95. The molecule has 0 bridgehead atoms. The number of fused-ring (bicyclic) bond motifs is 1. The van der Waals surface area contributed by atoms with Crippen molar-refractivity contribution < 1.29 is 19.1 Å². The molecular formula is C18H19BrFN3O4. The summed E-state index contributed by atoms with van der Waals surface area (Å²) in [6.45, 7) is 1.30. The van der Waals surface area contributed by atoms with Gasteiger partial charge in [-0.05, 0) is 30.7 Å². The Balaban J connectivity index is 2.02. The number of nitrogens with zero attached hydrogens (tertiary/aromatic N) is 2. The van der Waals surface area contributed by atoms with Gasteiger partial charge in [0.25, 0.3) is 11.5 Å². The second kappa shape index (κ2) is 7.79. The second-order valence-electron chi connectivity index (χ2n) is 6.24. The molecule has 0 fully saturated rings. The summed E-state index contributed by atoms with van der Waals surface area (Å²) in [5, 5.41) is 13.1. The number of aliphatic hydroxyl groups excluding tert-OH is 1. The van der Waals surface area contributed by atoms with Gasteiger partial charge in [-0.2, -0.15) is 5.06 Å². The molecule has 1 unspecified atom stereocenters. The lowest BCUT2D eigenvalue weighted by Gasteiger charge is -2.36. The van der Waals surface area contributed by atoms with Crippen molar-refractivity contribution in [1.29, 1.82) is 0 Å². The minimum atomic E-state index is -0.738. The minimum absolute atomic E-state index is 0.0905. The van der Waals surface area contributed by atoms with Crippen LogP contribution in [0.15, 0.2) is 33.7 Å². The van der Waals surface area contributed by atoms with Crippen LogP contribution in [0.3, 0.4) is 0 Å². The van der Waals surface area contributed by atoms with Crippen LogP contribution in [0, 0.1) is 12.7 Å². The number of rotatable bonds is 5. The summed E-state index contributed by atoms with van der Waals surface area (Å²) >= 11 is 3.20.